The third-order valence-electron chi connectivity index (χ3n) is 10.3. The summed E-state index contributed by atoms with van der Waals surface area (Å²) in [6, 6.07) is 10.8. The summed E-state index contributed by atoms with van der Waals surface area (Å²) in [6.07, 6.45) is 0.972. The summed E-state index contributed by atoms with van der Waals surface area (Å²) in [6.45, 7) is 4.79. The fourth-order valence-corrected chi connectivity index (χ4v) is 7.07. The van der Waals surface area contributed by atoms with E-state index in [1.54, 1.807) is 56.3 Å². The number of aliphatic hydroxyl groups excluding tert-OH is 2. The lowest BCUT2D eigenvalue weighted by Gasteiger charge is -2.31. The minimum absolute atomic E-state index is 0.0955. The lowest BCUT2D eigenvalue weighted by Crippen LogP contribution is -2.54. The van der Waals surface area contributed by atoms with Crippen LogP contribution in [0.4, 0.5) is 0 Å². The van der Waals surface area contributed by atoms with Crippen LogP contribution in [0.15, 0.2) is 54.6 Å². The van der Waals surface area contributed by atoms with Crippen LogP contribution in [0.1, 0.15) is 106 Å². The number of amides is 5. The van der Waals surface area contributed by atoms with Gasteiger partial charge in [-0.25, -0.2) is 4.79 Å². The second kappa shape index (κ2) is 23.8. The first-order chi connectivity index (χ1) is 27.5. The molecule has 1 fully saturated rings. The summed E-state index contributed by atoms with van der Waals surface area (Å²) in [5, 5.41) is 54.5. The van der Waals surface area contributed by atoms with Crippen LogP contribution in [0.25, 0.3) is 0 Å². The van der Waals surface area contributed by atoms with Crippen molar-refractivity contribution >= 4 is 41.5 Å². The summed E-state index contributed by atoms with van der Waals surface area (Å²) in [5.74, 6) is -5.39. The number of nitrogens with one attached hydrogen (secondary N) is 5. The van der Waals surface area contributed by atoms with Gasteiger partial charge in [-0.2, -0.15) is 0 Å². The number of hydrogen-bond donors (Lipinski definition) is 9. The minimum atomic E-state index is -1.45. The zero-order chi connectivity index (χ0) is 42.8. The summed E-state index contributed by atoms with van der Waals surface area (Å²) < 4.78 is 0. The third kappa shape index (κ3) is 16.6. The largest absolute Gasteiger partial charge is 0.481 e. The van der Waals surface area contributed by atoms with Gasteiger partial charge in [0.2, 0.25) is 29.5 Å². The van der Waals surface area contributed by atoms with Crippen LogP contribution in [0.2, 0.25) is 0 Å². The number of benzene rings is 2. The van der Waals surface area contributed by atoms with E-state index < -0.39 is 97.1 Å². The molecule has 16 nitrogen and oxygen atoms in total. The Morgan fingerprint density at radius 1 is 0.707 bits per heavy atom. The number of carboxylic acids is 2. The van der Waals surface area contributed by atoms with E-state index in [2.05, 4.69) is 26.6 Å². The highest BCUT2D eigenvalue weighted by molar-refractivity contribution is 5.89. The molecule has 16 heteroatoms. The summed E-state index contributed by atoms with van der Waals surface area (Å²) in [7, 11) is 0. The Kier molecular flexibility index (Phi) is 19.3. The summed E-state index contributed by atoms with van der Waals surface area (Å²) in [5.41, 5.74) is 1.50. The van der Waals surface area contributed by atoms with Crippen LogP contribution in [0.3, 0.4) is 0 Å². The molecule has 1 saturated carbocycles. The van der Waals surface area contributed by atoms with Crippen molar-refractivity contribution < 1.29 is 54.0 Å². The number of rotatable bonds is 23. The van der Waals surface area contributed by atoms with Gasteiger partial charge in [-0.3, -0.25) is 28.8 Å². The number of hydrogen-bond acceptors (Lipinski definition) is 9. The lowest BCUT2D eigenvalue weighted by atomic mass is 9.83. The molecule has 3 rings (SSSR count). The van der Waals surface area contributed by atoms with Gasteiger partial charge in [0.1, 0.15) is 12.1 Å². The van der Waals surface area contributed by atoms with Crippen molar-refractivity contribution in [3.63, 3.8) is 0 Å². The average molecular weight is 810 g/mol. The molecule has 6 atom stereocenters. The Morgan fingerprint density at radius 2 is 1.31 bits per heavy atom. The average Bonchev–Trinajstić information content (AvgIpc) is 3.17. The second-order valence-corrected chi connectivity index (χ2v) is 15.5. The topological polar surface area (TPSA) is 261 Å². The van der Waals surface area contributed by atoms with E-state index in [0.29, 0.717) is 12.0 Å². The number of carbonyl (C=O) groups is 7. The van der Waals surface area contributed by atoms with Gasteiger partial charge in [-0.05, 0) is 54.4 Å². The van der Waals surface area contributed by atoms with Crippen molar-refractivity contribution in [2.24, 2.45) is 11.8 Å². The SMILES string of the molecule is CC(=O)N[C@@H](CCC(=O)O)C(=O)N[C@@H](Cc1ccccc1)[C@@H](O)CC(=O)N[C@@H](CC1CCCCC1)[C@@H](O)CC(=O)N[C@H](C(=O)NCc1ccc(C(=O)O)cc1)C(C)C. The van der Waals surface area contributed by atoms with Gasteiger partial charge in [-0.1, -0.05) is 88.4 Å². The van der Waals surface area contributed by atoms with E-state index in [1.807, 2.05) is 0 Å². The molecular weight excluding hydrogens is 750 g/mol. The zero-order valence-electron chi connectivity index (χ0n) is 33.4. The first-order valence-electron chi connectivity index (χ1n) is 19.9. The van der Waals surface area contributed by atoms with Crippen LogP contribution in [0, 0.1) is 11.8 Å². The quantitative estimate of drug-likeness (QED) is 0.0786. The molecule has 0 aromatic heterocycles. The number of aliphatic hydroxyl groups is 2. The zero-order valence-corrected chi connectivity index (χ0v) is 33.4. The van der Waals surface area contributed by atoms with E-state index in [-0.39, 0.29) is 36.8 Å². The fraction of sp³-hybridized carbons (Fsp3) is 0.548. The van der Waals surface area contributed by atoms with Gasteiger partial charge >= 0.3 is 11.9 Å². The monoisotopic (exact) mass is 809 g/mol. The molecule has 5 amide bonds. The highest BCUT2D eigenvalue weighted by Crippen LogP contribution is 2.28. The van der Waals surface area contributed by atoms with Crippen molar-refractivity contribution in [2.75, 3.05) is 0 Å². The molecule has 0 unspecified atom stereocenters. The van der Waals surface area contributed by atoms with Gasteiger partial charge in [0.25, 0.3) is 0 Å². The van der Waals surface area contributed by atoms with Crippen LogP contribution in [0.5, 0.6) is 0 Å². The standard InChI is InChI=1S/C42H59N5O11/c1-25(2)39(41(56)43-24-29-14-16-30(17-15-29)42(57)58)47-37(52)23-34(49)32(20-27-10-6-4-7-11-27)45-36(51)22-35(50)33(21-28-12-8-5-9-13-28)46-40(55)31(44-26(3)48)18-19-38(53)54/h5,8-9,12-17,25,27,31-35,39,49-50H,4,6-7,10-11,18-24H2,1-3H3,(H,43,56)(H,44,48)(H,45,51)(H,46,55)(H,47,52)(H,53,54)(H,57,58)/t31-,32-,33-,34-,35-,39-/m0/s1. The Labute approximate surface area is 338 Å². The maximum atomic E-state index is 13.6. The van der Waals surface area contributed by atoms with Crippen LogP contribution < -0.4 is 26.6 Å². The predicted octanol–water partition coefficient (Wildman–Crippen LogP) is 2.20. The highest BCUT2D eigenvalue weighted by atomic mass is 16.4. The summed E-state index contributed by atoms with van der Waals surface area (Å²) >= 11 is 0. The van der Waals surface area contributed by atoms with Gasteiger partial charge in [-0.15, -0.1) is 0 Å². The molecule has 1 aliphatic carbocycles. The van der Waals surface area contributed by atoms with Crippen LogP contribution >= 0.6 is 0 Å². The van der Waals surface area contributed by atoms with E-state index >= 15 is 0 Å². The van der Waals surface area contributed by atoms with E-state index in [1.165, 1.54) is 19.1 Å². The van der Waals surface area contributed by atoms with Crippen molar-refractivity contribution in [2.45, 2.75) is 134 Å². The second-order valence-electron chi connectivity index (χ2n) is 15.5. The molecule has 0 heterocycles. The summed E-state index contributed by atoms with van der Waals surface area (Å²) in [4.78, 5) is 87.6. The third-order valence-corrected chi connectivity index (χ3v) is 10.3. The maximum absolute atomic E-state index is 13.6. The molecule has 58 heavy (non-hydrogen) atoms. The number of carbonyl (C=O) groups excluding carboxylic acids is 5. The van der Waals surface area contributed by atoms with Gasteiger partial charge in [0.15, 0.2) is 0 Å². The van der Waals surface area contributed by atoms with E-state index in [9.17, 15) is 43.8 Å². The molecule has 0 spiro atoms. The predicted molar refractivity (Wildman–Crippen MR) is 213 cm³/mol. The van der Waals surface area contributed by atoms with E-state index in [0.717, 1.165) is 37.7 Å². The van der Waals surface area contributed by atoms with Gasteiger partial charge < -0.3 is 47.0 Å². The fourth-order valence-electron chi connectivity index (χ4n) is 7.07. The molecule has 9 N–H and O–H groups in total. The number of carboxylic acid groups (broad SMARTS) is 2. The van der Waals surface area contributed by atoms with Gasteiger partial charge in [0, 0.05) is 19.9 Å². The first kappa shape index (κ1) is 47.0. The Balaban J connectivity index is 1.70. The minimum Gasteiger partial charge on any atom is -0.481 e. The lowest BCUT2D eigenvalue weighted by molar-refractivity contribution is -0.138. The molecule has 0 radical (unpaired) electrons. The molecule has 0 aliphatic heterocycles. The molecular formula is C42H59N5O11. The Morgan fingerprint density at radius 3 is 1.88 bits per heavy atom. The van der Waals surface area contributed by atoms with Gasteiger partial charge in [0.05, 0.1) is 42.7 Å². The van der Waals surface area contributed by atoms with Crippen molar-refractivity contribution in [1.29, 1.82) is 0 Å². The molecule has 0 bridgehead atoms. The van der Waals surface area contributed by atoms with Crippen molar-refractivity contribution in [1.82, 2.24) is 26.6 Å². The van der Waals surface area contributed by atoms with Crippen molar-refractivity contribution in [3.8, 4) is 0 Å². The van der Waals surface area contributed by atoms with E-state index in [4.69, 9.17) is 10.2 Å². The Hall–Kier alpha value is -5.35. The molecule has 2 aromatic carbocycles. The molecule has 0 saturated heterocycles. The molecule has 1 aliphatic rings. The highest BCUT2D eigenvalue weighted by Gasteiger charge is 2.33. The molecule has 318 valence electrons. The van der Waals surface area contributed by atoms with Crippen LogP contribution in [-0.2, 0) is 41.7 Å². The van der Waals surface area contributed by atoms with Crippen LogP contribution in [-0.4, -0.2) is 98.3 Å². The smallest absolute Gasteiger partial charge is 0.335 e. The number of aliphatic carboxylic acids is 1. The normalized spacial score (nSPS) is 16.1. The number of aromatic carboxylic acids is 1. The maximum Gasteiger partial charge on any atom is 0.335 e. The van der Waals surface area contributed by atoms with Crippen molar-refractivity contribution in [3.05, 3.63) is 71.3 Å². The Bertz CT molecular complexity index is 1680. The molecule has 2 aromatic rings. The first-order valence-corrected chi connectivity index (χ1v) is 19.9.